The van der Waals surface area contributed by atoms with E-state index < -0.39 is 5.97 Å². The molecule has 0 aromatic carbocycles. The summed E-state index contributed by atoms with van der Waals surface area (Å²) in [6, 6.07) is 0.236. The van der Waals surface area contributed by atoms with Gasteiger partial charge in [0.05, 0.1) is 5.92 Å². The fraction of sp³-hybridized carbons (Fsp3) is 0.900. The molecular weight excluding hydrogens is 166 g/mol. The Bertz CT molecular complexity index is 182. The van der Waals surface area contributed by atoms with E-state index in [1.54, 1.807) is 0 Å². The van der Waals surface area contributed by atoms with Crippen LogP contribution in [0, 0.1) is 5.92 Å². The molecule has 0 bridgehead atoms. The number of likely N-dealkylation sites (tertiary alicyclic amines) is 1. The maximum absolute atomic E-state index is 11.0. The summed E-state index contributed by atoms with van der Waals surface area (Å²) in [6.45, 7) is 3.12. The van der Waals surface area contributed by atoms with Crippen LogP contribution in [-0.4, -0.2) is 35.6 Å². The van der Waals surface area contributed by atoms with Crippen LogP contribution < -0.4 is 0 Å². The molecule has 1 heterocycles. The average molecular weight is 185 g/mol. The highest BCUT2D eigenvalue weighted by molar-refractivity contribution is 5.70. The Hall–Kier alpha value is -0.570. The Balaban J connectivity index is 2.70. The standard InChI is InChI=1S/C10H19NO2/c1-3-9-8(10(12)13)6-4-5-7-11(9)2/h8-9H,3-7H2,1-2H3,(H,12,13)/t8-,9+/m0/s1. The monoisotopic (exact) mass is 185 g/mol. The van der Waals surface area contributed by atoms with Crippen molar-refractivity contribution < 1.29 is 9.90 Å². The van der Waals surface area contributed by atoms with Crippen molar-refractivity contribution >= 4 is 5.97 Å². The van der Waals surface area contributed by atoms with Gasteiger partial charge in [0, 0.05) is 6.04 Å². The molecule has 13 heavy (non-hydrogen) atoms. The SMILES string of the molecule is CC[C@@H]1[C@@H](C(=O)O)CCCCN1C. The minimum absolute atomic E-state index is 0.155. The van der Waals surface area contributed by atoms with Crippen LogP contribution in [0.25, 0.3) is 0 Å². The maximum Gasteiger partial charge on any atom is 0.308 e. The van der Waals surface area contributed by atoms with Crippen molar-refractivity contribution in [3.8, 4) is 0 Å². The van der Waals surface area contributed by atoms with Crippen LogP contribution in [0.4, 0.5) is 0 Å². The van der Waals surface area contributed by atoms with Gasteiger partial charge in [0.15, 0.2) is 0 Å². The van der Waals surface area contributed by atoms with E-state index in [0.717, 1.165) is 32.2 Å². The zero-order valence-corrected chi connectivity index (χ0v) is 8.49. The summed E-state index contributed by atoms with van der Waals surface area (Å²) in [6.07, 6.45) is 3.97. The molecule has 0 aliphatic carbocycles. The van der Waals surface area contributed by atoms with Crippen molar-refractivity contribution in [1.82, 2.24) is 4.90 Å². The second-order valence-corrected chi connectivity index (χ2v) is 3.90. The summed E-state index contributed by atoms with van der Waals surface area (Å²) in [4.78, 5) is 13.2. The number of hydrogen-bond acceptors (Lipinski definition) is 2. The van der Waals surface area contributed by atoms with Gasteiger partial charge in [-0.05, 0) is 32.9 Å². The number of carboxylic acid groups (broad SMARTS) is 1. The smallest absolute Gasteiger partial charge is 0.308 e. The van der Waals surface area contributed by atoms with E-state index in [1.165, 1.54) is 0 Å². The molecule has 1 aliphatic heterocycles. The van der Waals surface area contributed by atoms with Gasteiger partial charge < -0.3 is 10.0 Å². The first-order chi connectivity index (χ1) is 6.16. The van der Waals surface area contributed by atoms with Crippen LogP contribution in [0.3, 0.4) is 0 Å². The van der Waals surface area contributed by atoms with Crippen molar-refractivity contribution in [2.75, 3.05) is 13.6 Å². The van der Waals surface area contributed by atoms with Crippen LogP contribution >= 0.6 is 0 Å². The fourth-order valence-electron chi connectivity index (χ4n) is 2.28. The van der Waals surface area contributed by atoms with E-state index in [9.17, 15) is 4.79 Å². The largest absolute Gasteiger partial charge is 0.481 e. The Morgan fingerprint density at radius 1 is 1.54 bits per heavy atom. The minimum Gasteiger partial charge on any atom is -0.481 e. The van der Waals surface area contributed by atoms with Gasteiger partial charge in [-0.25, -0.2) is 0 Å². The Labute approximate surface area is 79.7 Å². The molecule has 0 aromatic rings. The molecule has 0 spiro atoms. The van der Waals surface area contributed by atoms with Gasteiger partial charge >= 0.3 is 5.97 Å². The molecule has 0 radical (unpaired) electrons. The number of carbonyl (C=O) groups is 1. The summed E-state index contributed by atoms with van der Waals surface area (Å²) < 4.78 is 0. The third-order valence-electron chi connectivity index (χ3n) is 3.04. The lowest BCUT2D eigenvalue weighted by atomic mass is 9.93. The average Bonchev–Trinajstić information content (AvgIpc) is 2.26. The van der Waals surface area contributed by atoms with Crippen molar-refractivity contribution in [2.24, 2.45) is 5.92 Å². The van der Waals surface area contributed by atoms with Crippen molar-refractivity contribution in [3.05, 3.63) is 0 Å². The molecule has 0 aromatic heterocycles. The first-order valence-electron chi connectivity index (χ1n) is 5.09. The van der Waals surface area contributed by atoms with Crippen LogP contribution in [-0.2, 0) is 4.79 Å². The topological polar surface area (TPSA) is 40.5 Å². The predicted octanol–water partition coefficient (Wildman–Crippen LogP) is 1.58. The summed E-state index contributed by atoms with van der Waals surface area (Å²) in [7, 11) is 2.04. The normalized spacial score (nSPS) is 31.2. The second-order valence-electron chi connectivity index (χ2n) is 3.90. The van der Waals surface area contributed by atoms with Gasteiger partial charge in [0.2, 0.25) is 0 Å². The van der Waals surface area contributed by atoms with Gasteiger partial charge in [-0.15, -0.1) is 0 Å². The Morgan fingerprint density at radius 3 is 2.77 bits per heavy atom. The number of nitrogens with zero attached hydrogens (tertiary/aromatic N) is 1. The Kier molecular flexibility index (Phi) is 3.72. The third-order valence-corrected chi connectivity index (χ3v) is 3.04. The lowest BCUT2D eigenvalue weighted by molar-refractivity contribution is -0.144. The summed E-state index contributed by atoms with van der Waals surface area (Å²) in [5.74, 6) is -0.780. The quantitative estimate of drug-likeness (QED) is 0.710. The van der Waals surface area contributed by atoms with Gasteiger partial charge in [0.25, 0.3) is 0 Å². The van der Waals surface area contributed by atoms with Crippen molar-refractivity contribution in [2.45, 2.75) is 38.6 Å². The molecule has 1 saturated heterocycles. The van der Waals surface area contributed by atoms with E-state index in [2.05, 4.69) is 11.8 Å². The third kappa shape index (κ3) is 2.44. The van der Waals surface area contributed by atoms with E-state index in [0.29, 0.717) is 0 Å². The minimum atomic E-state index is -0.624. The van der Waals surface area contributed by atoms with Crippen molar-refractivity contribution in [1.29, 1.82) is 0 Å². The molecule has 1 N–H and O–H groups in total. The van der Waals surface area contributed by atoms with E-state index in [-0.39, 0.29) is 12.0 Å². The molecule has 3 heteroatoms. The van der Waals surface area contributed by atoms with E-state index in [1.807, 2.05) is 7.05 Å². The molecule has 1 fully saturated rings. The number of rotatable bonds is 2. The summed E-state index contributed by atoms with van der Waals surface area (Å²) in [5, 5.41) is 9.06. The maximum atomic E-state index is 11.0. The molecule has 2 atom stereocenters. The molecule has 0 unspecified atom stereocenters. The molecular formula is C10H19NO2. The van der Waals surface area contributed by atoms with Crippen LogP contribution in [0.5, 0.6) is 0 Å². The van der Waals surface area contributed by atoms with E-state index in [4.69, 9.17) is 5.11 Å². The summed E-state index contributed by atoms with van der Waals surface area (Å²) >= 11 is 0. The number of hydrogen-bond donors (Lipinski definition) is 1. The lowest BCUT2D eigenvalue weighted by Gasteiger charge is -2.28. The zero-order chi connectivity index (χ0) is 9.84. The van der Waals surface area contributed by atoms with Gasteiger partial charge in [-0.3, -0.25) is 4.79 Å². The Morgan fingerprint density at radius 2 is 2.23 bits per heavy atom. The first kappa shape index (κ1) is 10.5. The molecule has 1 aliphatic rings. The molecule has 1 rings (SSSR count). The molecule has 76 valence electrons. The number of carboxylic acids is 1. The van der Waals surface area contributed by atoms with E-state index >= 15 is 0 Å². The lowest BCUT2D eigenvalue weighted by Crippen LogP contribution is -2.39. The van der Waals surface area contributed by atoms with Crippen molar-refractivity contribution in [3.63, 3.8) is 0 Å². The van der Waals surface area contributed by atoms with Crippen LogP contribution in [0.15, 0.2) is 0 Å². The van der Waals surface area contributed by atoms with Gasteiger partial charge in [-0.2, -0.15) is 0 Å². The predicted molar refractivity (Wildman–Crippen MR) is 51.7 cm³/mol. The summed E-state index contributed by atoms with van der Waals surface area (Å²) in [5.41, 5.74) is 0. The highest BCUT2D eigenvalue weighted by Gasteiger charge is 2.31. The highest BCUT2D eigenvalue weighted by Crippen LogP contribution is 2.24. The van der Waals surface area contributed by atoms with Gasteiger partial charge in [0.1, 0.15) is 0 Å². The van der Waals surface area contributed by atoms with Crippen LogP contribution in [0.2, 0.25) is 0 Å². The highest BCUT2D eigenvalue weighted by atomic mass is 16.4. The van der Waals surface area contributed by atoms with Crippen LogP contribution in [0.1, 0.15) is 32.6 Å². The molecule has 0 amide bonds. The van der Waals surface area contributed by atoms with Gasteiger partial charge in [-0.1, -0.05) is 13.3 Å². The second kappa shape index (κ2) is 4.61. The first-order valence-corrected chi connectivity index (χ1v) is 5.09. The number of aliphatic carboxylic acids is 1. The fourth-order valence-corrected chi connectivity index (χ4v) is 2.28. The zero-order valence-electron chi connectivity index (χ0n) is 8.49. The molecule has 3 nitrogen and oxygen atoms in total. The molecule has 0 saturated carbocycles.